The molecular formula is C21H24N2O2S. The number of hydrogen-bond acceptors (Lipinski definition) is 4. The van der Waals surface area contributed by atoms with E-state index in [4.69, 9.17) is 4.74 Å². The molecule has 1 heterocycles. The lowest BCUT2D eigenvalue weighted by atomic mass is 9.96. The van der Waals surface area contributed by atoms with Gasteiger partial charge in [0.1, 0.15) is 16.8 Å². The van der Waals surface area contributed by atoms with E-state index in [0.29, 0.717) is 28.5 Å². The first-order valence-electron chi connectivity index (χ1n) is 9.31. The van der Waals surface area contributed by atoms with Gasteiger partial charge in [0.15, 0.2) is 0 Å². The Kier molecular flexibility index (Phi) is 6.30. The SMILES string of the molecule is CCCCCOc1cccc(C(=O)Nc2sc3c(c2C#N)CCCC3)c1. The highest BCUT2D eigenvalue weighted by molar-refractivity contribution is 7.16. The van der Waals surface area contributed by atoms with Gasteiger partial charge in [-0.05, 0) is 55.9 Å². The molecule has 0 bridgehead atoms. The molecule has 1 amide bonds. The maximum Gasteiger partial charge on any atom is 0.256 e. The molecule has 0 fully saturated rings. The maximum absolute atomic E-state index is 12.7. The van der Waals surface area contributed by atoms with E-state index in [1.54, 1.807) is 23.5 Å². The number of unbranched alkanes of at least 4 members (excludes halogenated alkanes) is 2. The number of thiophene rings is 1. The fraction of sp³-hybridized carbons (Fsp3) is 0.429. The molecule has 1 aliphatic rings. The zero-order chi connectivity index (χ0) is 18.4. The summed E-state index contributed by atoms with van der Waals surface area (Å²) < 4.78 is 5.73. The van der Waals surface area contributed by atoms with E-state index in [9.17, 15) is 10.1 Å². The normalized spacial score (nSPS) is 12.9. The summed E-state index contributed by atoms with van der Waals surface area (Å²) in [6.45, 7) is 2.82. The number of ether oxygens (including phenoxy) is 1. The Balaban J connectivity index is 1.71. The Morgan fingerprint density at radius 2 is 2.15 bits per heavy atom. The van der Waals surface area contributed by atoms with Gasteiger partial charge >= 0.3 is 0 Å². The maximum atomic E-state index is 12.7. The van der Waals surface area contributed by atoms with Crippen LogP contribution in [-0.4, -0.2) is 12.5 Å². The van der Waals surface area contributed by atoms with Crippen LogP contribution in [-0.2, 0) is 12.8 Å². The molecule has 5 heteroatoms. The van der Waals surface area contributed by atoms with E-state index < -0.39 is 0 Å². The molecule has 4 nitrogen and oxygen atoms in total. The Morgan fingerprint density at radius 1 is 1.31 bits per heavy atom. The van der Waals surface area contributed by atoms with Crippen molar-refractivity contribution in [3.63, 3.8) is 0 Å². The highest BCUT2D eigenvalue weighted by atomic mass is 32.1. The molecule has 0 saturated carbocycles. The summed E-state index contributed by atoms with van der Waals surface area (Å²) in [7, 11) is 0. The lowest BCUT2D eigenvalue weighted by Crippen LogP contribution is -2.12. The monoisotopic (exact) mass is 368 g/mol. The van der Waals surface area contributed by atoms with Gasteiger partial charge in [0.05, 0.1) is 12.2 Å². The molecular weight excluding hydrogens is 344 g/mol. The number of hydrogen-bond donors (Lipinski definition) is 1. The fourth-order valence-electron chi connectivity index (χ4n) is 3.22. The second-order valence-electron chi connectivity index (χ2n) is 6.56. The van der Waals surface area contributed by atoms with Crippen molar-refractivity contribution in [1.82, 2.24) is 0 Å². The third-order valence-electron chi connectivity index (χ3n) is 4.62. The van der Waals surface area contributed by atoms with Crippen LogP contribution in [0.5, 0.6) is 5.75 Å². The highest BCUT2D eigenvalue weighted by Crippen LogP contribution is 2.37. The minimum absolute atomic E-state index is 0.195. The summed E-state index contributed by atoms with van der Waals surface area (Å²) in [5.41, 5.74) is 2.32. The van der Waals surface area contributed by atoms with Crippen LogP contribution in [0.2, 0.25) is 0 Å². The van der Waals surface area contributed by atoms with Crippen molar-refractivity contribution in [2.45, 2.75) is 51.9 Å². The molecule has 0 saturated heterocycles. The van der Waals surface area contributed by atoms with E-state index in [2.05, 4.69) is 18.3 Å². The van der Waals surface area contributed by atoms with E-state index in [0.717, 1.165) is 50.5 Å². The number of aryl methyl sites for hydroxylation is 1. The molecule has 1 aromatic carbocycles. The fourth-order valence-corrected chi connectivity index (χ4v) is 4.45. The Labute approximate surface area is 158 Å². The van der Waals surface area contributed by atoms with Crippen LogP contribution >= 0.6 is 11.3 Å². The van der Waals surface area contributed by atoms with Crippen molar-refractivity contribution in [2.75, 3.05) is 11.9 Å². The average Bonchev–Trinajstić information content (AvgIpc) is 3.02. The first-order valence-corrected chi connectivity index (χ1v) is 10.1. The van der Waals surface area contributed by atoms with Crippen LogP contribution in [0.4, 0.5) is 5.00 Å². The Bertz CT molecular complexity index is 820. The zero-order valence-electron chi connectivity index (χ0n) is 15.1. The second kappa shape index (κ2) is 8.86. The molecule has 26 heavy (non-hydrogen) atoms. The number of nitriles is 1. The number of carbonyl (C=O) groups excluding carboxylic acids is 1. The van der Waals surface area contributed by atoms with E-state index in [-0.39, 0.29) is 5.91 Å². The molecule has 3 rings (SSSR count). The van der Waals surface area contributed by atoms with Crippen molar-refractivity contribution in [3.8, 4) is 11.8 Å². The Morgan fingerprint density at radius 3 is 2.96 bits per heavy atom. The molecule has 0 aliphatic heterocycles. The van der Waals surface area contributed by atoms with E-state index >= 15 is 0 Å². The van der Waals surface area contributed by atoms with Gasteiger partial charge in [-0.15, -0.1) is 11.3 Å². The summed E-state index contributed by atoms with van der Waals surface area (Å²) in [6, 6.07) is 9.52. The highest BCUT2D eigenvalue weighted by Gasteiger charge is 2.22. The van der Waals surface area contributed by atoms with Crippen molar-refractivity contribution in [3.05, 3.63) is 45.8 Å². The molecule has 1 aromatic heterocycles. The van der Waals surface area contributed by atoms with Gasteiger partial charge in [-0.25, -0.2) is 0 Å². The molecule has 0 radical (unpaired) electrons. The summed E-state index contributed by atoms with van der Waals surface area (Å²) in [6.07, 6.45) is 7.51. The summed E-state index contributed by atoms with van der Waals surface area (Å²) in [4.78, 5) is 13.9. The summed E-state index contributed by atoms with van der Waals surface area (Å²) >= 11 is 1.55. The van der Waals surface area contributed by atoms with Gasteiger partial charge in [0.25, 0.3) is 5.91 Å². The van der Waals surface area contributed by atoms with Gasteiger partial charge in [-0.2, -0.15) is 5.26 Å². The number of fused-ring (bicyclic) bond motifs is 1. The lowest BCUT2D eigenvalue weighted by molar-refractivity contribution is 0.102. The smallest absolute Gasteiger partial charge is 0.256 e. The first-order chi connectivity index (χ1) is 12.7. The van der Waals surface area contributed by atoms with Crippen molar-refractivity contribution >= 4 is 22.2 Å². The van der Waals surface area contributed by atoms with Crippen molar-refractivity contribution in [2.24, 2.45) is 0 Å². The minimum Gasteiger partial charge on any atom is -0.494 e. The van der Waals surface area contributed by atoms with E-state index in [1.807, 2.05) is 12.1 Å². The van der Waals surface area contributed by atoms with Crippen LogP contribution < -0.4 is 10.1 Å². The molecule has 0 spiro atoms. The number of nitrogens with one attached hydrogen (secondary N) is 1. The van der Waals surface area contributed by atoms with Crippen molar-refractivity contribution < 1.29 is 9.53 Å². The number of nitrogens with zero attached hydrogens (tertiary/aromatic N) is 1. The number of carbonyl (C=O) groups is 1. The van der Waals surface area contributed by atoms with Gasteiger partial charge in [0.2, 0.25) is 0 Å². The predicted octanol–water partition coefficient (Wildman–Crippen LogP) is 5.32. The minimum atomic E-state index is -0.195. The average molecular weight is 369 g/mol. The van der Waals surface area contributed by atoms with Crippen LogP contribution in [0.3, 0.4) is 0 Å². The standard InChI is InChI=1S/C21H24N2O2S/c1-2-3-6-12-25-16-9-7-8-15(13-16)20(24)23-21-18(14-22)17-10-4-5-11-19(17)26-21/h7-9,13H,2-6,10-12H2,1H3,(H,23,24). The number of anilines is 1. The molecule has 2 aromatic rings. The predicted molar refractivity (Wildman–Crippen MR) is 105 cm³/mol. The van der Waals surface area contributed by atoms with E-state index in [1.165, 1.54) is 4.88 Å². The van der Waals surface area contributed by atoms with Gasteiger partial charge in [-0.1, -0.05) is 25.8 Å². The topological polar surface area (TPSA) is 62.1 Å². The molecule has 136 valence electrons. The van der Waals surface area contributed by atoms with Gasteiger partial charge in [-0.3, -0.25) is 4.79 Å². The summed E-state index contributed by atoms with van der Waals surface area (Å²) in [5.74, 6) is 0.513. The lowest BCUT2D eigenvalue weighted by Gasteiger charge is -2.09. The summed E-state index contributed by atoms with van der Waals surface area (Å²) in [5, 5.41) is 13.1. The third-order valence-corrected chi connectivity index (χ3v) is 5.83. The van der Waals surface area contributed by atoms with Crippen LogP contribution in [0, 0.1) is 11.3 Å². The largest absolute Gasteiger partial charge is 0.494 e. The molecule has 0 atom stereocenters. The molecule has 0 unspecified atom stereocenters. The second-order valence-corrected chi connectivity index (χ2v) is 7.67. The van der Waals surface area contributed by atoms with Gasteiger partial charge in [0, 0.05) is 10.4 Å². The van der Waals surface area contributed by atoms with Gasteiger partial charge < -0.3 is 10.1 Å². The zero-order valence-corrected chi connectivity index (χ0v) is 16.0. The number of rotatable bonds is 7. The quantitative estimate of drug-likeness (QED) is 0.673. The van der Waals surface area contributed by atoms with Crippen LogP contribution in [0.1, 0.15) is 65.4 Å². The number of amides is 1. The molecule has 1 aliphatic carbocycles. The van der Waals surface area contributed by atoms with Crippen molar-refractivity contribution in [1.29, 1.82) is 5.26 Å². The molecule has 1 N–H and O–H groups in total. The van der Waals surface area contributed by atoms with Crippen LogP contribution in [0.15, 0.2) is 24.3 Å². The van der Waals surface area contributed by atoms with Crippen LogP contribution in [0.25, 0.3) is 0 Å². The number of benzene rings is 1. The first kappa shape index (κ1) is 18.5. The Hall–Kier alpha value is -2.32. The third kappa shape index (κ3) is 4.25.